The maximum atomic E-state index is 11.5. The number of hydrogen-bond acceptors (Lipinski definition) is 4. The Morgan fingerprint density at radius 2 is 0.646 bits per heavy atom. The summed E-state index contributed by atoms with van der Waals surface area (Å²) in [5.41, 5.74) is 9.91. The molecule has 0 N–H and O–H groups in total. The summed E-state index contributed by atoms with van der Waals surface area (Å²) in [7, 11) is 3.36. The van der Waals surface area contributed by atoms with Crippen molar-refractivity contribution in [3.05, 3.63) is 145 Å². The predicted molar refractivity (Wildman–Crippen MR) is 196 cm³/mol. The van der Waals surface area contributed by atoms with E-state index in [9.17, 15) is 9.59 Å². The topological polar surface area (TPSA) is 52.6 Å². The lowest BCUT2D eigenvalue weighted by molar-refractivity contribution is 0.111. The molecule has 230 valence electrons. The van der Waals surface area contributed by atoms with E-state index in [0.29, 0.717) is 11.1 Å². The first-order valence-electron chi connectivity index (χ1n) is 15.8. The average molecular weight is 623 g/mol. The molecule has 0 unspecified atom stereocenters. The second-order valence-corrected chi connectivity index (χ2v) is 12.0. The minimum absolute atomic E-state index is 0.634. The Labute approximate surface area is 278 Å². The monoisotopic (exact) mass is 622 g/mol. The number of rotatable bonds is 8. The highest BCUT2D eigenvalue weighted by atomic mass is 16.5. The summed E-state index contributed by atoms with van der Waals surface area (Å²) in [6.07, 6.45) is 1.74. The third-order valence-corrected chi connectivity index (χ3v) is 9.42. The highest BCUT2D eigenvalue weighted by Crippen LogP contribution is 2.48. The van der Waals surface area contributed by atoms with Gasteiger partial charge < -0.3 is 9.47 Å². The molecule has 0 spiro atoms. The summed E-state index contributed by atoms with van der Waals surface area (Å²) in [6, 6.07) is 45.4. The van der Waals surface area contributed by atoms with Gasteiger partial charge in [-0.1, -0.05) is 97.1 Å². The SMILES string of the molecule is COc1ccc(-c2cc(-c3ccc(OC)cc3)c3ccc4c(-c5ccc(C=O)cc5)cc(-c5ccc(C=O)cc5)c5ccc2c3c54)cc1. The van der Waals surface area contributed by atoms with E-state index in [1.54, 1.807) is 14.2 Å². The van der Waals surface area contributed by atoms with Gasteiger partial charge in [-0.05, 0) is 113 Å². The first-order chi connectivity index (χ1) is 23.6. The molecule has 0 aliphatic carbocycles. The molecule has 0 atom stereocenters. The van der Waals surface area contributed by atoms with Crippen molar-refractivity contribution < 1.29 is 19.1 Å². The molecule has 8 aromatic rings. The van der Waals surface area contributed by atoms with Crippen LogP contribution in [-0.2, 0) is 0 Å². The van der Waals surface area contributed by atoms with E-state index >= 15 is 0 Å². The molecule has 0 bridgehead atoms. The fraction of sp³-hybridized carbons (Fsp3) is 0.0455. The third kappa shape index (κ3) is 4.78. The number of ether oxygens (including phenoxy) is 2. The van der Waals surface area contributed by atoms with E-state index in [-0.39, 0.29) is 0 Å². The van der Waals surface area contributed by atoms with Crippen molar-refractivity contribution in [3.8, 4) is 56.0 Å². The van der Waals surface area contributed by atoms with Crippen LogP contribution in [0, 0.1) is 0 Å². The van der Waals surface area contributed by atoms with Crippen molar-refractivity contribution in [1.29, 1.82) is 0 Å². The quantitative estimate of drug-likeness (QED) is 0.125. The number of methoxy groups -OCH3 is 2. The van der Waals surface area contributed by atoms with Crippen LogP contribution in [0.5, 0.6) is 11.5 Å². The van der Waals surface area contributed by atoms with E-state index in [2.05, 4.69) is 60.7 Å². The fourth-order valence-corrected chi connectivity index (χ4v) is 6.97. The van der Waals surface area contributed by atoms with Crippen molar-refractivity contribution in [3.63, 3.8) is 0 Å². The van der Waals surface area contributed by atoms with E-state index in [4.69, 9.17) is 9.47 Å². The number of hydrogen-bond donors (Lipinski definition) is 0. The van der Waals surface area contributed by atoms with E-state index < -0.39 is 0 Å². The van der Waals surface area contributed by atoms with Crippen molar-refractivity contribution in [2.75, 3.05) is 14.2 Å². The zero-order valence-corrected chi connectivity index (χ0v) is 26.5. The molecule has 0 saturated heterocycles. The second kappa shape index (κ2) is 11.8. The lowest BCUT2D eigenvalue weighted by Gasteiger charge is -2.21. The van der Waals surface area contributed by atoms with Gasteiger partial charge in [-0.25, -0.2) is 0 Å². The van der Waals surface area contributed by atoms with Crippen LogP contribution in [0.2, 0.25) is 0 Å². The van der Waals surface area contributed by atoms with Crippen LogP contribution in [0.3, 0.4) is 0 Å². The van der Waals surface area contributed by atoms with Gasteiger partial charge in [0.15, 0.2) is 0 Å². The van der Waals surface area contributed by atoms with Gasteiger partial charge in [0.25, 0.3) is 0 Å². The van der Waals surface area contributed by atoms with Crippen LogP contribution in [0.15, 0.2) is 133 Å². The molecule has 8 rings (SSSR count). The molecular weight excluding hydrogens is 592 g/mol. The first kappa shape index (κ1) is 29.2. The molecule has 0 amide bonds. The van der Waals surface area contributed by atoms with Crippen LogP contribution < -0.4 is 9.47 Å². The molecule has 8 aromatic carbocycles. The van der Waals surface area contributed by atoms with Crippen LogP contribution >= 0.6 is 0 Å². The van der Waals surface area contributed by atoms with Crippen molar-refractivity contribution in [2.45, 2.75) is 0 Å². The summed E-state index contributed by atoms with van der Waals surface area (Å²) in [5.74, 6) is 1.62. The largest absolute Gasteiger partial charge is 0.497 e. The highest BCUT2D eigenvalue weighted by Gasteiger charge is 2.21. The van der Waals surface area contributed by atoms with Crippen LogP contribution in [0.1, 0.15) is 20.7 Å². The predicted octanol–water partition coefficient (Wildman–Crippen LogP) is 10.9. The maximum absolute atomic E-state index is 11.5. The Kier molecular flexibility index (Phi) is 7.19. The molecule has 0 radical (unpaired) electrons. The van der Waals surface area contributed by atoms with Gasteiger partial charge in [0, 0.05) is 11.1 Å². The average Bonchev–Trinajstić information content (AvgIpc) is 3.16. The lowest BCUT2D eigenvalue weighted by Crippen LogP contribution is -1.95. The van der Waals surface area contributed by atoms with Gasteiger partial charge in [0.2, 0.25) is 0 Å². The Bertz CT molecular complexity index is 2290. The molecule has 0 heterocycles. The molecule has 0 fully saturated rings. The van der Waals surface area contributed by atoms with Crippen molar-refractivity contribution in [2.24, 2.45) is 0 Å². The number of benzene rings is 8. The maximum Gasteiger partial charge on any atom is 0.150 e. The first-order valence-corrected chi connectivity index (χ1v) is 15.8. The summed E-state index contributed by atoms with van der Waals surface area (Å²) >= 11 is 0. The number of carbonyl (C=O) groups is 2. The number of aldehydes is 2. The molecular formula is C44H30O4. The van der Waals surface area contributed by atoms with E-state index in [1.165, 1.54) is 10.8 Å². The number of carbonyl (C=O) groups excluding carboxylic acids is 2. The van der Waals surface area contributed by atoms with Gasteiger partial charge in [-0.3, -0.25) is 9.59 Å². The highest BCUT2D eigenvalue weighted by molar-refractivity contribution is 6.32. The Morgan fingerprint density at radius 1 is 0.375 bits per heavy atom. The minimum Gasteiger partial charge on any atom is -0.497 e. The summed E-state index contributed by atoms with van der Waals surface area (Å²) < 4.78 is 11.0. The minimum atomic E-state index is 0.634. The van der Waals surface area contributed by atoms with Gasteiger partial charge in [0.1, 0.15) is 24.1 Å². The summed E-state index contributed by atoms with van der Waals surface area (Å²) in [6.45, 7) is 0. The van der Waals surface area contributed by atoms with Gasteiger partial charge in [-0.15, -0.1) is 0 Å². The lowest BCUT2D eigenvalue weighted by atomic mass is 9.82. The molecule has 48 heavy (non-hydrogen) atoms. The summed E-state index contributed by atoms with van der Waals surface area (Å²) in [5, 5.41) is 6.91. The van der Waals surface area contributed by atoms with Gasteiger partial charge >= 0.3 is 0 Å². The zero-order valence-electron chi connectivity index (χ0n) is 26.5. The molecule has 4 heteroatoms. The zero-order chi connectivity index (χ0) is 32.8. The van der Waals surface area contributed by atoms with E-state index in [0.717, 1.165) is 90.1 Å². The Morgan fingerprint density at radius 3 is 0.896 bits per heavy atom. The molecule has 0 aliphatic rings. The third-order valence-electron chi connectivity index (χ3n) is 9.42. The van der Waals surface area contributed by atoms with Crippen molar-refractivity contribution >= 4 is 44.9 Å². The molecule has 0 aromatic heterocycles. The van der Waals surface area contributed by atoms with Gasteiger partial charge in [-0.2, -0.15) is 0 Å². The molecule has 0 saturated carbocycles. The second-order valence-electron chi connectivity index (χ2n) is 12.0. The van der Waals surface area contributed by atoms with Crippen LogP contribution in [-0.4, -0.2) is 26.8 Å². The van der Waals surface area contributed by atoms with Crippen LogP contribution in [0.25, 0.3) is 76.8 Å². The smallest absolute Gasteiger partial charge is 0.150 e. The molecule has 0 aliphatic heterocycles. The summed E-state index contributed by atoms with van der Waals surface area (Å²) in [4.78, 5) is 23.0. The molecule has 4 nitrogen and oxygen atoms in total. The standard InChI is InChI=1S/C44H30O4/c1-47-33-15-11-31(12-16-33)41-24-42(32-13-17-34(48-2)18-14-32)38-22-20-36-40(30-9-5-28(26-46)6-10-30)23-39(29-7-3-27(25-45)4-8-29)35-19-21-37(41)44(38)43(35)36/h3-26H,1-2H3. The Balaban J connectivity index is 1.52. The van der Waals surface area contributed by atoms with Crippen molar-refractivity contribution in [1.82, 2.24) is 0 Å². The van der Waals surface area contributed by atoms with Crippen LogP contribution in [0.4, 0.5) is 0 Å². The Hall–Kier alpha value is -6.26. The van der Waals surface area contributed by atoms with E-state index in [1.807, 2.05) is 72.8 Å². The van der Waals surface area contributed by atoms with Gasteiger partial charge in [0.05, 0.1) is 14.2 Å². The fourth-order valence-electron chi connectivity index (χ4n) is 6.97. The normalized spacial score (nSPS) is 11.3.